The summed E-state index contributed by atoms with van der Waals surface area (Å²) >= 11 is 0. The molecule has 1 saturated carbocycles. The van der Waals surface area contributed by atoms with Gasteiger partial charge in [-0.05, 0) is 56.4 Å². The lowest BCUT2D eigenvalue weighted by molar-refractivity contribution is 0.0599. The summed E-state index contributed by atoms with van der Waals surface area (Å²) in [5.74, 6) is 0.884. The molecular formula is C15H29NO. The van der Waals surface area contributed by atoms with Crippen molar-refractivity contribution >= 4 is 0 Å². The molecule has 0 aromatic rings. The summed E-state index contributed by atoms with van der Waals surface area (Å²) in [6.45, 7) is 7.62. The summed E-state index contributed by atoms with van der Waals surface area (Å²) in [6, 6.07) is 0.457. The number of hydrogen-bond acceptors (Lipinski definition) is 2. The summed E-state index contributed by atoms with van der Waals surface area (Å²) in [4.78, 5) is 2.56. The van der Waals surface area contributed by atoms with E-state index in [-0.39, 0.29) is 0 Å². The minimum atomic E-state index is 0.359. The third-order valence-corrected chi connectivity index (χ3v) is 4.91. The number of piperidine rings is 1. The molecule has 0 aromatic carbocycles. The van der Waals surface area contributed by atoms with Gasteiger partial charge >= 0.3 is 0 Å². The van der Waals surface area contributed by atoms with Crippen molar-refractivity contribution < 1.29 is 5.11 Å². The molecule has 2 nitrogen and oxygen atoms in total. The van der Waals surface area contributed by atoms with E-state index in [1.54, 1.807) is 0 Å². The van der Waals surface area contributed by atoms with E-state index in [0.717, 1.165) is 5.92 Å². The molecule has 1 heterocycles. The fraction of sp³-hybridized carbons (Fsp3) is 1.00. The first-order chi connectivity index (χ1) is 8.11. The summed E-state index contributed by atoms with van der Waals surface area (Å²) in [7, 11) is 0. The number of likely N-dealkylation sites (tertiary alicyclic amines) is 1. The van der Waals surface area contributed by atoms with Gasteiger partial charge in [0.05, 0.1) is 6.61 Å². The highest BCUT2D eigenvalue weighted by molar-refractivity contribution is 4.83. The van der Waals surface area contributed by atoms with Gasteiger partial charge in [0.25, 0.3) is 0 Å². The van der Waals surface area contributed by atoms with Gasteiger partial charge in [-0.3, -0.25) is 4.90 Å². The minimum Gasteiger partial charge on any atom is -0.395 e. The average Bonchev–Trinajstić information content (AvgIpc) is 2.32. The van der Waals surface area contributed by atoms with Gasteiger partial charge in [-0.1, -0.05) is 20.3 Å². The van der Waals surface area contributed by atoms with E-state index in [1.165, 1.54) is 58.0 Å². The zero-order chi connectivity index (χ0) is 12.3. The Hall–Kier alpha value is -0.0800. The summed E-state index contributed by atoms with van der Waals surface area (Å²) in [5.41, 5.74) is 0.578. The molecule has 2 fully saturated rings. The first-order valence-corrected chi connectivity index (χ1v) is 7.46. The first kappa shape index (κ1) is 13.4. The maximum atomic E-state index is 9.43. The van der Waals surface area contributed by atoms with Crippen LogP contribution in [0.15, 0.2) is 0 Å². The van der Waals surface area contributed by atoms with Crippen molar-refractivity contribution in [2.75, 3.05) is 19.7 Å². The van der Waals surface area contributed by atoms with Gasteiger partial charge in [-0.15, -0.1) is 0 Å². The summed E-state index contributed by atoms with van der Waals surface area (Å²) in [5, 5.41) is 9.43. The highest BCUT2D eigenvalue weighted by Gasteiger charge is 2.30. The standard InChI is InChI=1S/C15H29NO/c1-15(2)8-6-13(7-9-15)11-16-10-4-3-5-14(16)12-17/h13-14,17H,3-12H2,1-2H3/t14-/m0/s1. The Morgan fingerprint density at radius 1 is 1.12 bits per heavy atom. The molecule has 1 atom stereocenters. The largest absolute Gasteiger partial charge is 0.395 e. The minimum absolute atomic E-state index is 0.359. The molecule has 2 heteroatoms. The van der Waals surface area contributed by atoms with Crippen LogP contribution in [0.2, 0.25) is 0 Å². The predicted octanol–water partition coefficient (Wildman–Crippen LogP) is 3.05. The summed E-state index contributed by atoms with van der Waals surface area (Å²) in [6.07, 6.45) is 9.39. The molecule has 2 rings (SSSR count). The molecule has 2 aliphatic rings. The molecule has 1 saturated heterocycles. The van der Waals surface area contributed by atoms with Crippen LogP contribution in [-0.4, -0.2) is 35.7 Å². The number of aliphatic hydroxyl groups excluding tert-OH is 1. The zero-order valence-corrected chi connectivity index (χ0v) is 11.6. The lowest BCUT2D eigenvalue weighted by Crippen LogP contribution is -2.45. The van der Waals surface area contributed by atoms with E-state index in [1.807, 2.05) is 0 Å². The van der Waals surface area contributed by atoms with Crippen molar-refractivity contribution in [3.8, 4) is 0 Å². The highest BCUT2D eigenvalue weighted by atomic mass is 16.3. The van der Waals surface area contributed by atoms with Crippen LogP contribution in [-0.2, 0) is 0 Å². The smallest absolute Gasteiger partial charge is 0.0586 e. The third kappa shape index (κ3) is 3.69. The fourth-order valence-corrected chi connectivity index (χ4v) is 3.48. The molecule has 100 valence electrons. The van der Waals surface area contributed by atoms with Crippen LogP contribution in [0.5, 0.6) is 0 Å². The van der Waals surface area contributed by atoms with Crippen LogP contribution < -0.4 is 0 Å². The van der Waals surface area contributed by atoms with Crippen LogP contribution in [0, 0.1) is 11.3 Å². The molecule has 0 amide bonds. The van der Waals surface area contributed by atoms with E-state index < -0.39 is 0 Å². The molecule has 0 spiro atoms. The van der Waals surface area contributed by atoms with Gasteiger partial charge in [-0.2, -0.15) is 0 Å². The molecule has 0 radical (unpaired) electrons. The molecule has 1 aliphatic heterocycles. The fourth-order valence-electron chi connectivity index (χ4n) is 3.48. The lowest BCUT2D eigenvalue weighted by Gasteiger charge is -2.40. The van der Waals surface area contributed by atoms with Gasteiger partial charge in [0.15, 0.2) is 0 Å². The van der Waals surface area contributed by atoms with E-state index in [0.29, 0.717) is 18.1 Å². The van der Waals surface area contributed by atoms with Crippen molar-refractivity contribution in [1.29, 1.82) is 0 Å². The second-order valence-electron chi connectivity index (χ2n) is 6.93. The topological polar surface area (TPSA) is 23.5 Å². The quantitative estimate of drug-likeness (QED) is 0.818. The number of nitrogens with zero attached hydrogens (tertiary/aromatic N) is 1. The van der Waals surface area contributed by atoms with Crippen LogP contribution in [0.25, 0.3) is 0 Å². The summed E-state index contributed by atoms with van der Waals surface area (Å²) < 4.78 is 0. The van der Waals surface area contributed by atoms with Crippen molar-refractivity contribution in [1.82, 2.24) is 4.90 Å². The molecule has 0 bridgehead atoms. The van der Waals surface area contributed by atoms with E-state index in [2.05, 4.69) is 18.7 Å². The van der Waals surface area contributed by atoms with Crippen LogP contribution >= 0.6 is 0 Å². The van der Waals surface area contributed by atoms with Gasteiger partial charge in [0.1, 0.15) is 0 Å². The molecule has 1 N–H and O–H groups in total. The van der Waals surface area contributed by atoms with Crippen LogP contribution in [0.4, 0.5) is 0 Å². The number of rotatable bonds is 3. The average molecular weight is 239 g/mol. The maximum Gasteiger partial charge on any atom is 0.0586 e. The van der Waals surface area contributed by atoms with Crippen LogP contribution in [0.1, 0.15) is 58.8 Å². The van der Waals surface area contributed by atoms with Gasteiger partial charge in [-0.25, -0.2) is 0 Å². The Morgan fingerprint density at radius 3 is 2.47 bits per heavy atom. The van der Waals surface area contributed by atoms with Gasteiger partial charge in [0.2, 0.25) is 0 Å². The van der Waals surface area contributed by atoms with Crippen molar-refractivity contribution in [2.45, 2.75) is 64.8 Å². The Balaban J connectivity index is 1.80. The van der Waals surface area contributed by atoms with Crippen molar-refractivity contribution in [3.63, 3.8) is 0 Å². The Bertz CT molecular complexity index is 229. The Kier molecular flexibility index (Phi) is 4.48. The Morgan fingerprint density at radius 2 is 1.82 bits per heavy atom. The highest BCUT2D eigenvalue weighted by Crippen LogP contribution is 2.38. The second kappa shape index (κ2) is 5.71. The van der Waals surface area contributed by atoms with E-state index in [9.17, 15) is 5.11 Å². The lowest BCUT2D eigenvalue weighted by atomic mass is 9.73. The van der Waals surface area contributed by atoms with Gasteiger partial charge in [0, 0.05) is 12.6 Å². The second-order valence-corrected chi connectivity index (χ2v) is 6.93. The molecule has 0 aromatic heterocycles. The third-order valence-electron chi connectivity index (χ3n) is 4.91. The van der Waals surface area contributed by atoms with Gasteiger partial charge < -0.3 is 5.11 Å². The molecule has 0 unspecified atom stereocenters. The normalized spacial score (nSPS) is 31.6. The zero-order valence-electron chi connectivity index (χ0n) is 11.6. The monoisotopic (exact) mass is 239 g/mol. The Labute approximate surface area is 106 Å². The number of aliphatic hydroxyl groups is 1. The number of hydrogen-bond donors (Lipinski definition) is 1. The van der Waals surface area contributed by atoms with Crippen molar-refractivity contribution in [2.24, 2.45) is 11.3 Å². The molecular weight excluding hydrogens is 210 g/mol. The molecule has 17 heavy (non-hydrogen) atoms. The van der Waals surface area contributed by atoms with E-state index >= 15 is 0 Å². The molecule has 1 aliphatic carbocycles. The van der Waals surface area contributed by atoms with Crippen molar-refractivity contribution in [3.05, 3.63) is 0 Å². The predicted molar refractivity (Wildman–Crippen MR) is 72.0 cm³/mol. The van der Waals surface area contributed by atoms with E-state index in [4.69, 9.17) is 0 Å². The maximum absolute atomic E-state index is 9.43. The van der Waals surface area contributed by atoms with Crippen LogP contribution in [0.3, 0.4) is 0 Å². The SMILES string of the molecule is CC1(C)CCC(CN2CCCC[C@H]2CO)CC1. The first-order valence-electron chi connectivity index (χ1n) is 7.46.